The smallest absolute Gasteiger partial charge is 0.216 e. The van der Waals surface area contributed by atoms with Crippen molar-refractivity contribution >= 4 is 17.2 Å². The molecule has 0 aliphatic carbocycles. The quantitative estimate of drug-likeness (QED) is 0.780. The van der Waals surface area contributed by atoms with E-state index in [-0.39, 0.29) is 0 Å². The average molecular weight is 358 g/mol. The van der Waals surface area contributed by atoms with Gasteiger partial charge in [-0.15, -0.1) is 0 Å². The van der Waals surface area contributed by atoms with Gasteiger partial charge in [-0.3, -0.25) is 0 Å². The fourth-order valence-corrected chi connectivity index (χ4v) is 3.53. The van der Waals surface area contributed by atoms with Crippen molar-refractivity contribution in [3.63, 3.8) is 0 Å². The van der Waals surface area contributed by atoms with Crippen LogP contribution in [0.25, 0.3) is 16.8 Å². The van der Waals surface area contributed by atoms with Crippen LogP contribution in [0.5, 0.6) is 0 Å². The number of fused-ring (bicyclic) bond motifs is 1. The minimum absolute atomic E-state index is 0.549. The summed E-state index contributed by atoms with van der Waals surface area (Å²) in [6.07, 6.45) is 1.20. The van der Waals surface area contributed by atoms with Gasteiger partial charge in [0.05, 0.1) is 12.3 Å². The molecular weight excluding hydrogens is 338 g/mol. The van der Waals surface area contributed by atoms with Crippen molar-refractivity contribution in [1.82, 2.24) is 14.3 Å². The van der Waals surface area contributed by atoms with Crippen molar-refractivity contribution in [2.24, 2.45) is 0 Å². The summed E-state index contributed by atoms with van der Waals surface area (Å²) in [7, 11) is 0. The SMILES string of the molecule is Cc1cn2c(C)c(CN3CCOC3O)cc(-c3cccc(Cl)c3)c2n1. The highest BCUT2D eigenvalue weighted by Crippen LogP contribution is 2.30. The van der Waals surface area contributed by atoms with Gasteiger partial charge in [-0.2, -0.15) is 0 Å². The van der Waals surface area contributed by atoms with E-state index >= 15 is 0 Å². The molecule has 0 bridgehead atoms. The van der Waals surface area contributed by atoms with Crippen LogP contribution in [-0.4, -0.2) is 39.0 Å². The monoisotopic (exact) mass is 357 g/mol. The fourth-order valence-electron chi connectivity index (χ4n) is 3.34. The van der Waals surface area contributed by atoms with E-state index in [4.69, 9.17) is 21.3 Å². The molecule has 5 nitrogen and oxygen atoms in total. The van der Waals surface area contributed by atoms with E-state index in [1.54, 1.807) is 0 Å². The Morgan fingerprint density at radius 2 is 2.16 bits per heavy atom. The highest BCUT2D eigenvalue weighted by molar-refractivity contribution is 6.30. The molecule has 1 aliphatic rings. The minimum Gasteiger partial charge on any atom is -0.356 e. The van der Waals surface area contributed by atoms with Crippen molar-refractivity contribution in [3.05, 3.63) is 58.5 Å². The summed E-state index contributed by atoms with van der Waals surface area (Å²) in [6.45, 7) is 5.95. The second-order valence-electron chi connectivity index (χ2n) is 6.42. The fraction of sp³-hybridized carbons (Fsp3) is 0.316. The molecular formula is C19H20ClN3O2. The standard InChI is InChI=1S/C19H20ClN3O2/c1-12-10-23-13(2)15(11-22-6-7-25-19(22)24)9-17(18(23)21-12)14-4-3-5-16(20)8-14/h3-5,8-10,19,24H,6-7,11H2,1-2H3. The number of hydrogen-bond acceptors (Lipinski definition) is 4. The van der Waals surface area contributed by atoms with Crippen molar-refractivity contribution in [3.8, 4) is 11.1 Å². The van der Waals surface area contributed by atoms with E-state index in [1.165, 1.54) is 0 Å². The maximum atomic E-state index is 9.95. The summed E-state index contributed by atoms with van der Waals surface area (Å²) < 4.78 is 7.36. The van der Waals surface area contributed by atoms with E-state index < -0.39 is 6.41 Å². The number of nitrogens with zero attached hydrogens (tertiary/aromatic N) is 3. The largest absolute Gasteiger partial charge is 0.356 e. The molecule has 0 amide bonds. The van der Waals surface area contributed by atoms with Gasteiger partial charge in [0.2, 0.25) is 6.41 Å². The van der Waals surface area contributed by atoms with Crippen LogP contribution in [0, 0.1) is 13.8 Å². The Morgan fingerprint density at radius 1 is 1.32 bits per heavy atom. The first-order valence-corrected chi connectivity index (χ1v) is 8.68. The van der Waals surface area contributed by atoms with E-state index in [1.807, 2.05) is 42.3 Å². The van der Waals surface area contributed by atoms with E-state index in [2.05, 4.69) is 17.4 Å². The zero-order valence-corrected chi connectivity index (χ0v) is 15.0. The molecule has 2 aromatic heterocycles. The second-order valence-corrected chi connectivity index (χ2v) is 6.86. The van der Waals surface area contributed by atoms with Gasteiger partial charge in [-0.05, 0) is 43.2 Å². The van der Waals surface area contributed by atoms with E-state index in [9.17, 15) is 5.11 Å². The van der Waals surface area contributed by atoms with Crippen molar-refractivity contribution in [2.75, 3.05) is 13.2 Å². The second kappa shape index (κ2) is 6.42. The third-order valence-corrected chi connectivity index (χ3v) is 4.91. The van der Waals surface area contributed by atoms with Gasteiger partial charge in [0.15, 0.2) is 0 Å². The van der Waals surface area contributed by atoms with Gasteiger partial charge in [0.1, 0.15) is 5.65 Å². The summed E-state index contributed by atoms with van der Waals surface area (Å²) in [5, 5.41) is 10.6. The number of hydrogen-bond donors (Lipinski definition) is 1. The summed E-state index contributed by atoms with van der Waals surface area (Å²) in [4.78, 5) is 6.62. The number of aliphatic hydroxyl groups excluding tert-OH is 1. The number of halogens is 1. The Morgan fingerprint density at radius 3 is 2.88 bits per heavy atom. The first kappa shape index (κ1) is 16.5. The Labute approximate surface area is 151 Å². The predicted molar refractivity (Wildman–Crippen MR) is 97.5 cm³/mol. The van der Waals surface area contributed by atoms with Gasteiger partial charge in [0, 0.05) is 35.6 Å². The van der Waals surface area contributed by atoms with E-state index in [0.29, 0.717) is 24.7 Å². The van der Waals surface area contributed by atoms with Crippen LogP contribution in [0.1, 0.15) is 17.0 Å². The normalized spacial score (nSPS) is 18.3. The molecule has 4 rings (SSSR count). The molecule has 3 heterocycles. The molecule has 0 saturated carbocycles. The molecule has 25 heavy (non-hydrogen) atoms. The van der Waals surface area contributed by atoms with Crippen molar-refractivity contribution in [2.45, 2.75) is 26.8 Å². The van der Waals surface area contributed by atoms with Gasteiger partial charge < -0.3 is 14.2 Å². The molecule has 6 heteroatoms. The van der Waals surface area contributed by atoms with Crippen LogP contribution in [0.3, 0.4) is 0 Å². The topological polar surface area (TPSA) is 50.0 Å². The van der Waals surface area contributed by atoms with Crippen LogP contribution < -0.4 is 0 Å². The molecule has 3 aromatic rings. The lowest BCUT2D eigenvalue weighted by Gasteiger charge is -2.20. The van der Waals surface area contributed by atoms with Gasteiger partial charge >= 0.3 is 0 Å². The molecule has 130 valence electrons. The minimum atomic E-state index is -0.839. The van der Waals surface area contributed by atoms with E-state index in [0.717, 1.165) is 33.7 Å². The Kier molecular flexibility index (Phi) is 4.25. The molecule has 0 spiro atoms. The Balaban J connectivity index is 1.87. The predicted octanol–water partition coefficient (Wildman–Crippen LogP) is 3.38. The molecule has 0 radical (unpaired) electrons. The summed E-state index contributed by atoms with van der Waals surface area (Å²) in [5.74, 6) is 0. The molecule has 1 aromatic carbocycles. The first-order valence-electron chi connectivity index (χ1n) is 8.31. The molecule has 1 saturated heterocycles. The lowest BCUT2D eigenvalue weighted by atomic mass is 10.0. The number of aliphatic hydroxyl groups is 1. The molecule has 1 atom stereocenters. The van der Waals surface area contributed by atoms with Crippen molar-refractivity contribution in [1.29, 1.82) is 0 Å². The summed E-state index contributed by atoms with van der Waals surface area (Å²) >= 11 is 6.19. The lowest BCUT2D eigenvalue weighted by molar-refractivity contribution is -0.136. The molecule has 1 fully saturated rings. The molecule has 1 unspecified atom stereocenters. The maximum Gasteiger partial charge on any atom is 0.216 e. The first-order chi connectivity index (χ1) is 12.0. The number of imidazole rings is 1. The Bertz CT molecular complexity index is 938. The number of pyridine rings is 1. The number of benzene rings is 1. The highest BCUT2D eigenvalue weighted by atomic mass is 35.5. The molecule has 1 N–H and O–H groups in total. The zero-order valence-electron chi connectivity index (χ0n) is 14.2. The third kappa shape index (κ3) is 3.04. The lowest BCUT2D eigenvalue weighted by Crippen LogP contribution is -2.29. The van der Waals surface area contributed by atoms with Gasteiger partial charge in [-0.25, -0.2) is 9.88 Å². The molecule has 1 aliphatic heterocycles. The van der Waals surface area contributed by atoms with Gasteiger partial charge in [0.25, 0.3) is 0 Å². The summed E-state index contributed by atoms with van der Waals surface area (Å²) in [6, 6.07) is 9.95. The van der Waals surface area contributed by atoms with Crippen molar-refractivity contribution < 1.29 is 9.84 Å². The Hall–Kier alpha value is -1.92. The summed E-state index contributed by atoms with van der Waals surface area (Å²) in [5.41, 5.74) is 6.19. The number of aromatic nitrogens is 2. The number of ether oxygens (including phenoxy) is 1. The zero-order chi connectivity index (χ0) is 17.6. The average Bonchev–Trinajstić information content (AvgIpc) is 3.16. The van der Waals surface area contributed by atoms with Crippen LogP contribution in [0.4, 0.5) is 0 Å². The van der Waals surface area contributed by atoms with Gasteiger partial charge in [-0.1, -0.05) is 23.7 Å². The van der Waals surface area contributed by atoms with Crippen LogP contribution in [0.15, 0.2) is 36.5 Å². The third-order valence-electron chi connectivity index (χ3n) is 4.68. The van der Waals surface area contributed by atoms with Crippen LogP contribution >= 0.6 is 11.6 Å². The number of rotatable bonds is 3. The van der Waals surface area contributed by atoms with Crippen LogP contribution in [-0.2, 0) is 11.3 Å². The van der Waals surface area contributed by atoms with Crippen LogP contribution in [0.2, 0.25) is 5.02 Å². The highest BCUT2D eigenvalue weighted by Gasteiger charge is 2.24. The number of aryl methyl sites for hydroxylation is 2. The maximum absolute atomic E-state index is 9.95.